The van der Waals surface area contributed by atoms with Crippen molar-refractivity contribution in [3.05, 3.63) is 64.9 Å². The van der Waals surface area contributed by atoms with Gasteiger partial charge in [0.1, 0.15) is 11.9 Å². The Morgan fingerprint density at radius 2 is 1.88 bits per heavy atom. The molecule has 2 aromatic rings. The van der Waals surface area contributed by atoms with Crippen molar-refractivity contribution in [2.75, 3.05) is 10.6 Å². The summed E-state index contributed by atoms with van der Waals surface area (Å²) in [6.07, 6.45) is 0.973. The first kappa shape index (κ1) is 19.2. The maximum atomic E-state index is 13.4. The fourth-order valence-electron chi connectivity index (χ4n) is 2.36. The van der Waals surface area contributed by atoms with Gasteiger partial charge in [-0.2, -0.15) is 0 Å². The van der Waals surface area contributed by atoms with E-state index < -0.39 is 27.8 Å². The van der Waals surface area contributed by atoms with Gasteiger partial charge in [0.25, 0.3) is 0 Å². The number of sulfonamides is 1. The molecule has 0 heterocycles. The number of nitrogens with one attached hydrogen (secondary N) is 1. The molecular weight excluding hydrogens is 367 g/mol. The van der Waals surface area contributed by atoms with Crippen molar-refractivity contribution in [1.29, 1.82) is 0 Å². The van der Waals surface area contributed by atoms with Crippen LogP contribution in [0.5, 0.6) is 0 Å². The molecule has 0 bridgehead atoms. The predicted octanol–water partition coefficient (Wildman–Crippen LogP) is 2.95. The third-order valence-electron chi connectivity index (χ3n) is 3.53. The van der Waals surface area contributed by atoms with E-state index >= 15 is 0 Å². The molecule has 0 spiro atoms. The van der Waals surface area contributed by atoms with Crippen molar-refractivity contribution < 1.29 is 17.6 Å². The third-order valence-corrected chi connectivity index (χ3v) is 5.02. The monoisotopic (exact) mass is 384 g/mol. The van der Waals surface area contributed by atoms with Gasteiger partial charge >= 0.3 is 0 Å². The van der Waals surface area contributed by atoms with Crippen molar-refractivity contribution >= 4 is 33.2 Å². The molecule has 0 aliphatic heterocycles. The lowest BCUT2D eigenvalue weighted by atomic mass is 10.2. The van der Waals surface area contributed by atoms with E-state index in [4.69, 9.17) is 11.6 Å². The van der Waals surface area contributed by atoms with Crippen LogP contribution in [-0.4, -0.2) is 26.6 Å². The van der Waals surface area contributed by atoms with Crippen LogP contribution in [0.4, 0.5) is 10.1 Å². The minimum absolute atomic E-state index is 0.0941. The highest BCUT2D eigenvalue weighted by molar-refractivity contribution is 7.92. The van der Waals surface area contributed by atoms with Gasteiger partial charge in [0, 0.05) is 11.6 Å². The second kappa shape index (κ2) is 7.84. The van der Waals surface area contributed by atoms with Crippen LogP contribution in [0.3, 0.4) is 0 Å². The number of rotatable bonds is 6. The van der Waals surface area contributed by atoms with Gasteiger partial charge in [0.15, 0.2) is 0 Å². The van der Waals surface area contributed by atoms with Gasteiger partial charge in [-0.1, -0.05) is 29.8 Å². The number of amides is 1. The zero-order chi connectivity index (χ0) is 18.6. The minimum Gasteiger partial charge on any atom is -0.350 e. The Morgan fingerprint density at radius 1 is 1.24 bits per heavy atom. The number of anilines is 1. The van der Waals surface area contributed by atoms with Gasteiger partial charge in [-0.05, 0) is 42.8 Å². The summed E-state index contributed by atoms with van der Waals surface area (Å²) in [5, 5.41) is 3.25. The number of halogens is 2. The molecule has 0 fully saturated rings. The second-order valence-electron chi connectivity index (χ2n) is 5.56. The first-order valence-electron chi connectivity index (χ1n) is 7.45. The molecule has 2 rings (SSSR count). The summed E-state index contributed by atoms with van der Waals surface area (Å²) in [6, 6.07) is 11.0. The molecule has 1 amide bonds. The Hall–Kier alpha value is -2.12. The molecule has 0 saturated heterocycles. The summed E-state index contributed by atoms with van der Waals surface area (Å²) in [7, 11) is -3.78. The highest BCUT2D eigenvalue weighted by Crippen LogP contribution is 2.21. The van der Waals surface area contributed by atoms with Crippen LogP contribution < -0.4 is 9.62 Å². The van der Waals surface area contributed by atoms with Crippen molar-refractivity contribution in [3.8, 4) is 0 Å². The first-order chi connectivity index (χ1) is 11.7. The highest BCUT2D eigenvalue weighted by atomic mass is 35.5. The second-order valence-corrected chi connectivity index (χ2v) is 7.85. The first-order valence-corrected chi connectivity index (χ1v) is 9.68. The number of carbonyl (C=O) groups excluding carboxylic acids is 1. The average Bonchev–Trinajstić information content (AvgIpc) is 2.53. The smallest absolute Gasteiger partial charge is 0.243 e. The Bertz CT molecular complexity index is 856. The Labute approximate surface area is 151 Å². The van der Waals surface area contributed by atoms with Crippen LogP contribution in [0, 0.1) is 5.82 Å². The van der Waals surface area contributed by atoms with E-state index in [9.17, 15) is 17.6 Å². The predicted molar refractivity (Wildman–Crippen MR) is 96.5 cm³/mol. The summed E-state index contributed by atoms with van der Waals surface area (Å²) in [5.41, 5.74) is 0.915. The van der Waals surface area contributed by atoms with E-state index in [0.717, 1.165) is 22.2 Å². The summed E-state index contributed by atoms with van der Waals surface area (Å²) < 4.78 is 38.6. The number of benzene rings is 2. The van der Waals surface area contributed by atoms with Gasteiger partial charge in [-0.3, -0.25) is 9.10 Å². The SMILES string of the molecule is CC(C(=O)NCc1ccc(Cl)cc1)N(c1cccc(F)c1)S(C)(=O)=O. The van der Waals surface area contributed by atoms with E-state index in [1.807, 2.05) is 0 Å². The van der Waals surface area contributed by atoms with E-state index in [-0.39, 0.29) is 12.2 Å². The molecule has 0 aromatic heterocycles. The lowest BCUT2D eigenvalue weighted by Gasteiger charge is -2.28. The molecule has 0 aliphatic carbocycles. The van der Waals surface area contributed by atoms with E-state index in [2.05, 4.69) is 5.32 Å². The van der Waals surface area contributed by atoms with E-state index in [1.165, 1.54) is 25.1 Å². The average molecular weight is 385 g/mol. The van der Waals surface area contributed by atoms with Gasteiger partial charge in [0.05, 0.1) is 11.9 Å². The molecule has 1 unspecified atom stereocenters. The summed E-state index contributed by atoms with van der Waals surface area (Å²) in [4.78, 5) is 12.4. The van der Waals surface area contributed by atoms with Crippen molar-refractivity contribution in [2.45, 2.75) is 19.5 Å². The van der Waals surface area contributed by atoms with Gasteiger partial charge in [-0.25, -0.2) is 12.8 Å². The molecule has 2 aromatic carbocycles. The fraction of sp³-hybridized carbons (Fsp3) is 0.235. The molecule has 5 nitrogen and oxygen atoms in total. The van der Waals surface area contributed by atoms with Crippen LogP contribution >= 0.6 is 11.6 Å². The zero-order valence-electron chi connectivity index (χ0n) is 13.7. The van der Waals surface area contributed by atoms with E-state index in [0.29, 0.717) is 5.02 Å². The molecule has 0 aliphatic rings. The molecule has 0 radical (unpaired) electrons. The molecule has 0 saturated carbocycles. The summed E-state index contributed by atoms with van der Waals surface area (Å²) >= 11 is 5.81. The maximum absolute atomic E-state index is 13.4. The van der Waals surface area contributed by atoms with Crippen LogP contribution in [0.25, 0.3) is 0 Å². The Morgan fingerprint density at radius 3 is 2.44 bits per heavy atom. The normalized spacial score (nSPS) is 12.5. The van der Waals surface area contributed by atoms with Crippen molar-refractivity contribution in [2.24, 2.45) is 0 Å². The highest BCUT2D eigenvalue weighted by Gasteiger charge is 2.29. The Balaban J connectivity index is 2.17. The minimum atomic E-state index is -3.78. The van der Waals surface area contributed by atoms with Gasteiger partial charge in [-0.15, -0.1) is 0 Å². The molecular formula is C17H18ClFN2O3S. The Kier molecular flexibility index (Phi) is 6.02. The maximum Gasteiger partial charge on any atom is 0.243 e. The number of nitrogens with zero attached hydrogens (tertiary/aromatic N) is 1. The number of hydrogen-bond acceptors (Lipinski definition) is 3. The van der Waals surface area contributed by atoms with Crippen LogP contribution in [0.15, 0.2) is 48.5 Å². The number of carbonyl (C=O) groups is 1. The molecule has 25 heavy (non-hydrogen) atoms. The largest absolute Gasteiger partial charge is 0.350 e. The third kappa shape index (κ3) is 5.17. The van der Waals surface area contributed by atoms with Gasteiger partial charge < -0.3 is 5.32 Å². The topological polar surface area (TPSA) is 66.5 Å². The summed E-state index contributed by atoms with van der Waals surface area (Å²) in [5.74, 6) is -1.08. The standard InChI is InChI=1S/C17H18ClFN2O3S/c1-12(17(22)20-11-13-6-8-14(18)9-7-13)21(25(2,23)24)16-5-3-4-15(19)10-16/h3-10,12H,11H2,1-2H3,(H,20,22). The summed E-state index contributed by atoms with van der Waals surface area (Å²) in [6.45, 7) is 1.67. The van der Waals surface area contributed by atoms with Crippen molar-refractivity contribution in [3.63, 3.8) is 0 Å². The van der Waals surface area contributed by atoms with Crippen molar-refractivity contribution in [1.82, 2.24) is 5.32 Å². The fourth-order valence-corrected chi connectivity index (χ4v) is 3.65. The van der Waals surface area contributed by atoms with Gasteiger partial charge in [0.2, 0.25) is 15.9 Å². The molecule has 1 atom stereocenters. The zero-order valence-corrected chi connectivity index (χ0v) is 15.3. The quantitative estimate of drug-likeness (QED) is 0.832. The number of hydrogen-bond donors (Lipinski definition) is 1. The van der Waals surface area contributed by atoms with Crippen LogP contribution in [-0.2, 0) is 21.4 Å². The van der Waals surface area contributed by atoms with E-state index in [1.54, 1.807) is 24.3 Å². The van der Waals surface area contributed by atoms with Crippen LogP contribution in [0.1, 0.15) is 12.5 Å². The molecule has 8 heteroatoms. The lowest BCUT2D eigenvalue weighted by molar-refractivity contribution is -0.122. The van der Waals surface area contributed by atoms with Crippen LogP contribution in [0.2, 0.25) is 5.02 Å². The molecule has 134 valence electrons. The lowest BCUT2D eigenvalue weighted by Crippen LogP contribution is -2.47. The molecule has 1 N–H and O–H groups in total.